The molecule has 0 aliphatic rings. The maximum atomic E-state index is 12.5. The molecular weight excluding hydrogens is 284 g/mol. The van der Waals surface area contributed by atoms with Crippen molar-refractivity contribution in [2.75, 3.05) is 12.3 Å². The van der Waals surface area contributed by atoms with E-state index < -0.39 is 10.0 Å². The van der Waals surface area contributed by atoms with E-state index in [4.69, 9.17) is 5.73 Å². The number of nitrogen functional groups attached to an aromatic ring is 1. The third-order valence-electron chi connectivity index (χ3n) is 3.28. The number of hydrogen-bond donors (Lipinski definition) is 1. The van der Waals surface area contributed by atoms with E-state index >= 15 is 0 Å². The van der Waals surface area contributed by atoms with Crippen molar-refractivity contribution in [1.29, 1.82) is 0 Å². The van der Waals surface area contributed by atoms with Gasteiger partial charge in [-0.25, -0.2) is 8.42 Å². The van der Waals surface area contributed by atoms with Crippen LogP contribution in [0.4, 0.5) is 5.69 Å². The van der Waals surface area contributed by atoms with Gasteiger partial charge >= 0.3 is 0 Å². The molecule has 2 aromatic rings. The summed E-state index contributed by atoms with van der Waals surface area (Å²) in [6.07, 6.45) is 0. The van der Waals surface area contributed by atoms with Crippen LogP contribution in [0.15, 0.2) is 54.6 Å². The molecule has 21 heavy (non-hydrogen) atoms. The minimum atomic E-state index is -3.33. The van der Waals surface area contributed by atoms with Gasteiger partial charge in [-0.1, -0.05) is 49.4 Å². The Bertz CT molecular complexity index is 667. The van der Waals surface area contributed by atoms with Crippen molar-refractivity contribution in [2.24, 2.45) is 0 Å². The van der Waals surface area contributed by atoms with Crippen molar-refractivity contribution in [3.05, 3.63) is 65.7 Å². The molecule has 0 saturated heterocycles. The van der Waals surface area contributed by atoms with Crippen LogP contribution in [0, 0.1) is 0 Å². The van der Waals surface area contributed by atoms with E-state index in [1.165, 1.54) is 4.31 Å². The first-order chi connectivity index (χ1) is 10.0. The highest BCUT2D eigenvalue weighted by Gasteiger charge is 2.21. The lowest BCUT2D eigenvalue weighted by molar-refractivity contribution is 0.423. The van der Waals surface area contributed by atoms with Gasteiger partial charge in [-0.2, -0.15) is 4.31 Å². The lowest BCUT2D eigenvalue weighted by Crippen LogP contribution is -2.31. The van der Waals surface area contributed by atoms with Crippen molar-refractivity contribution >= 4 is 15.7 Å². The Balaban J connectivity index is 2.14. The predicted molar refractivity (Wildman–Crippen MR) is 86.0 cm³/mol. The normalized spacial score (nSPS) is 11.7. The zero-order valence-corrected chi connectivity index (χ0v) is 12.9. The molecule has 0 amide bonds. The molecule has 2 rings (SSSR count). The summed E-state index contributed by atoms with van der Waals surface area (Å²) in [7, 11) is -3.33. The summed E-state index contributed by atoms with van der Waals surface area (Å²) >= 11 is 0. The second-order valence-corrected chi connectivity index (χ2v) is 6.88. The van der Waals surface area contributed by atoms with E-state index in [1.807, 2.05) is 49.4 Å². The summed E-state index contributed by atoms with van der Waals surface area (Å²) in [5, 5.41) is 0. The summed E-state index contributed by atoms with van der Waals surface area (Å²) in [5.41, 5.74) is 8.05. The minimum absolute atomic E-state index is 0.0245. The lowest BCUT2D eigenvalue weighted by Gasteiger charge is -2.20. The molecule has 0 aliphatic carbocycles. The number of nitrogens with two attached hydrogens (primary N) is 1. The maximum absolute atomic E-state index is 12.5. The minimum Gasteiger partial charge on any atom is -0.399 e. The molecule has 0 aliphatic heterocycles. The molecular formula is C16H20N2O2S. The number of sulfonamides is 1. The second-order valence-electron chi connectivity index (χ2n) is 4.91. The Hall–Kier alpha value is -1.85. The highest BCUT2D eigenvalue weighted by atomic mass is 32.2. The van der Waals surface area contributed by atoms with Crippen molar-refractivity contribution in [3.8, 4) is 0 Å². The molecule has 112 valence electrons. The maximum Gasteiger partial charge on any atom is 0.218 e. The summed E-state index contributed by atoms with van der Waals surface area (Å²) in [4.78, 5) is 0. The number of hydrogen-bond acceptors (Lipinski definition) is 3. The van der Waals surface area contributed by atoms with Gasteiger partial charge in [-0.05, 0) is 23.3 Å². The van der Waals surface area contributed by atoms with Crippen LogP contribution >= 0.6 is 0 Å². The van der Waals surface area contributed by atoms with Gasteiger partial charge in [0.25, 0.3) is 0 Å². The second kappa shape index (κ2) is 6.74. The standard InChI is InChI=1S/C16H20N2O2S/c1-2-18(12-14-8-10-16(17)11-9-14)21(19,20)13-15-6-4-3-5-7-15/h3-11H,2,12-13,17H2,1H3. The Labute approximate surface area is 126 Å². The van der Waals surface area contributed by atoms with Crippen molar-refractivity contribution in [1.82, 2.24) is 4.31 Å². The van der Waals surface area contributed by atoms with Crippen molar-refractivity contribution in [3.63, 3.8) is 0 Å². The van der Waals surface area contributed by atoms with Crippen LogP contribution in [-0.4, -0.2) is 19.3 Å². The molecule has 2 N–H and O–H groups in total. The van der Waals surface area contributed by atoms with Gasteiger partial charge in [0.1, 0.15) is 0 Å². The quantitative estimate of drug-likeness (QED) is 0.834. The molecule has 0 fully saturated rings. The van der Waals surface area contributed by atoms with Crippen molar-refractivity contribution < 1.29 is 8.42 Å². The zero-order valence-electron chi connectivity index (χ0n) is 12.1. The Morgan fingerprint density at radius 1 is 0.952 bits per heavy atom. The highest BCUT2D eigenvalue weighted by Crippen LogP contribution is 2.15. The topological polar surface area (TPSA) is 63.4 Å². The fourth-order valence-electron chi connectivity index (χ4n) is 2.11. The average Bonchev–Trinajstić information content (AvgIpc) is 2.47. The molecule has 0 spiro atoms. The van der Waals surface area contributed by atoms with Crippen LogP contribution in [0.1, 0.15) is 18.1 Å². The molecule has 5 heteroatoms. The molecule has 0 aromatic heterocycles. The molecule has 0 unspecified atom stereocenters. The molecule has 0 saturated carbocycles. The highest BCUT2D eigenvalue weighted by molar-refractivity contribution is 7.88. The Kier molecular flexibility index (Phi) is 4.98. The van der Waals surface area contributed by atoms with Gasteiger partial charge in [0.15, 0.2) is 0 Å². The van der Waals surface area contributed by atoms with Crippen LogP contribution in [0.25, 0.3) is 0 Å². The largest absolute Gasteiger partial charge is 0.399 e. The summed E-state index contributed by atoms with van der Waals surface area (Å²) in [6.45, 7) is 2.66. The summed E-state index contributed by atoms with van der Waals surface area (Å²) in [5.74, 6) is 0.0245. The lowest BCUT2D eigenvalue weighted by atomic mass is 10.2. The first kappa shape index (κ1) is 15.5. The molecule has 0 heterocycles. The van der Waals surface area contributed by atoms with E-state index in [-0.39, 0.29) is 5.75 Å². The first-order valence-electron chi connectivity index (χ1n) is 6.87. The van der Waals surface area contributed by atoms with Gasteiger partial charge in [0.2, 0.25) is 10.0 Å². The Morgan fingerprint density at radius 3 is 2.14 bits per heavy atom. The SMILES string of the molecule is CCN(Cc1ccc(N)cc1)S(=O)(=O)Cc1ccccc1. The Morgan fingerprint density at radius 2 is 1.57 bits per heavy atom. The molecule has 0 bridgehead atoms. The van der Waals surface area contributed by atoms with Crippen LogP contribution < -0.4 is 5.73 Å². The number of nitrogens with zero attached hydrogens (tertiary/aromatic N) is 1. The first-order valence-corrected chi connectivity index (χ1v) is 8.48. The van der Waals surface area contributed by atoms with Crippen LogP contribution in [-0.2, 0) is 22.3 Å². The van der Waals surface area contributed by atoms with Gasteiger partial charge in [0.05, 0.1) is 5.75 Å². The van der Waals surface area contributed by atoms with E-state index in [0.717, 1.165) is 11.1 Å². The van der Waals surface area contributed by atoms with Crippen LogP contribution in [0.2, 0.25) is 0 Å². The summed E-state index contributed by atoms with van der Waals surface area (Å²) < 4.78 is 26.5. The van der Waals surface area contributed by atoms with Gasteiger partial charge in [-0.3, -0.25) is 0 Å². The number of anilines is 1. The van der Waals surface area contributed by atoms with Gasteiger partial charge in [0, 0.05) is 18.8 Å². The van der Waals surface area contributed by atoms with Crippen molar-refractivity contribution in [2.45, 2.75) is 19.2 Å². The number of rotatable bonds is 6. The molecule has 0 atom stereocenters. The smallest absolute Gasteiger partial charge is 0.218 e. The van der Waals surface area contributed by atoms with Crippen LogP contribution in [0.3, 0.4) is 0 Å². The van der Waals surface area contributed by atoms with Crippen LogP contribution in [0.5, 0.6) is 0 Å². The van der Waals surface area contributed by atoms with E-state index in [0.29, 0.717) is 18.8 Å². The third-order valence-corrected chi connectivity index (χ3v) is 5.15. The predicted octanol–water partition coefficient (Wildman–Crippen LogP) is 2.62. The fourth-order valence-corrected chi connectivity index (χ4v) is 3.65. The van der Waals surface area contributed by atoms with E-state index in [9.17, 15) is 8.42 Å². The molecule has 0 radical (unpaired) electrons. The fraction of sp³-hybridized carbons (Fsp3) is 0.250. The van der Waals surface area contributed by atoms with E-state index in [2.05, 4.69) is 0 Å². The van der Waals surface area contributed by atoms with Gasteiger partial charge in [-0.15, -0.1) is 0 Å². The molecule has 2 aromatic carbocycles. The number of benzene rings is 2. The average molecular weight is 304 g/mol. The van der Waals surface area contributed by atoms with E-state index in [1.54, 1.807) is 12.1 Å². The summed E-state index contributed by atoms with van der Waals surface area (Å²) in [6, 6.07) is 16.5. The monoisotopic (exact) mass is 304 g/mol. The third kappa shape index (κ3) is 4.31. The molecule has 4 nitrogen and oxygen atoms in total. The van der Waals surface area contributed by atoms with Gasteiger partial charge < -0.3 is 5.73 Å². The zero-order chi connectivity index (χ0) is 15.3.